The van der Waals surface area contributed by atoms with Gasteiger partial charge in [0, 0.05) is 70.6 Å². The second-order valence-corrected chi connectivity index (χ2v) is 20.2. The van der Waals surface area contributed by atoms with Gasteiger partial charge in [-0.25, -0.2) is 4.39 Å². The van der Waals surface area contributed by atoms with Crippen LogP contribution in [0.4, 0.5) is 4.39 Å². The molecule has 0 bridgehead atoms. The zero-order chi connectivity index (χ0) is 48.5. The molecule has 3 saturated heterocycles. The second kappa shape index (κ2) is 23.7. The molecule has 370 valence electrons. The van der Waals surface area contributed by atoms with E-state index in [1.165, 1.54) is 18.2 Å². The maximum absolute atomic E-state index is 14.8. The van der Waals surface area contributed by atoms with Crippen molar-refractivity contribution in [1.29, 1.82) is 0 Å². The van der Waals surface area contributed by atoms with Crippen molar-refractivity contribution in [2.45, 2.75) is 160 Å². The van der Waals surface area contributed by atoms with Crippen molar-refractivity contribution < 1.29 is 52.7 Å². The number of rotatable bonds is 14. The van der Waals surface area contributed by atoms with Gasteiger partial charge in [-0.2, -0.15) is 0 Å². The Hall–Kier alpha value is -3.54. The molecule has 3 aliphatic rings. The Kier molecular flexibility index (Phi) is 19.1. The number of aliphatic hydroxyl groups is 2. The molecule has 0 saturated carbocycles. The van der Waals surface area contributed by atoms with Crippen LogP contribution in [0.2, 0.25) is 0 Å². The van der Waals surface area contributed by atoms with Crippen LogP contribution in [-0.4, -0.2) is 152 Å². The lowest BCUT2D eigenvalue weighted by molar-refractivity contribution is -0.308. The van der Waals surface area contributed by atoms with Crippen LogP contribution in [0, 0.1) is 29.5 Å². The monoisotopic (exact) mass is 927 g/mol. The third kappa shape index (κ3) is 13.6. The average Bonchev–Trinajstić information content (AvgIpc) is 3.26. The van der Waals surface area contributed by atoms with E-state index in [0.717, 1.165) is 5.56 Å². The van der Waals surface area contributed by atoms with Gasteiger partial charge in [0.25, 0.3) is 5.91 Å². The summed E-state index contributed by atoms with van der Waals surface area (Å²) in [5.41, 5.74) is -1.47. The Labute approximate surface area is 392 Å². The van der Waals surface area contributed by atoms with Gasteiger partial charge in [0.05, 0.1) is 41.2 Å². The standard InChI is InChI=1S/C51H79FN4O10/c1-31-28-50(6,61)46(66-49-44(40(55(8)9)26-32(2)64-49)63-25-17-24-53-48(60)38-20-15-16-21-39(38)52)33(3)43(41-29-51(7,62-11)45(58)35(5)65-41)34(4)47(59)54-37(27-42(57)56(10)30-31)23-22-36-18-13-12-14-19-36/h12-16,18-21,31-35,37,40-41,43-46,49,58,61H,17,22-30H2,1-11H3,(H,53,60)(H,54,59)/t31-,32-,33+,34-,35+,37+,40+,41?,43+,44-,45+,46-,49+,50-,51-/m1/s1. The van der Waals surface area contributed by atoms with Gasteiger partial charge < -0.3 is 54.3 Å². The maximum Gasteiger partial charge on any atom is 0.254 e. The first kappa shape index (κ1) is 53.4. The van der Waals surface area contributed by atoms with E-state index in [1.807, 2.05) is 79.0 Å². The zero-order valence-corrected chi connectivity index (χ0v) is 41.2. The lowest BCUT2D eigenvalue weighted by Crippen LogP contribution is -2.62. The largest absolute Gasteiger partial charge is 0.387 e. The molecule has 0 spiro atoms. The Morgan fingerprint density at radius 2 is 1.70 bits per heavy atom. The van der Waals surface area contributed by atoms with Crippen LogP contribution in [0.25, 0.3) is 0 Å². The van der Waals surface area contributed by atoms with Crippen molar-refractivity contribution in [3.05, 3.63) is 71.5 Å². The van der Waals surface area contributed by atoms with Crippen LogP contribution in [0.1, 0.15) is 103 Å². The highest BCUT2D eigenvalue weighted by atomic mass is 19.1. The van der Waals surface area contributed by atoms with Gasteiger partial charge in [0.1, 0.15) is 18.0 Å². The summed E-state index contributed by atoms with van der Waals surface area (Å²) in [7, 11) is 7.27. The fourth-order valence-electron chi connectivity index (χ4n) is 10.7. The number of hydrogen-bond donors (Lipinski definition) is 4. The van der Waals surface area contributed by atoms with Crippen LogP contribution in [0.5, 0.6) is 0 Å². The zero-order valence-electron chi connectivity index (χ0n) is 41.2. The number of ether oxygens (including phenoxy) is 5. The highest BCUT2D eigenvalue weighted by molar-refractivity contribution is 5.94. The Bertz CT molecular complexity index is 1870. The summed E-state index contributed by atoms with van der Waals surface area (Å²) < 4.78 is 47.4. The van der Waals surface area contributed by atoms with E-state index in [2.05, 4.69) is 15.5 Å². The van der Waals surface area contributed by atoms with Crippen molar-refractivity contribution in [3.8, 4) is 0 Å². The topological polar surface area (TPSA) is 168 Å². The first-order chi connectivity index (χ1) is 31.1. The summed E-state index contributed by atoms with van der Waals surface area (Å²) in [5, 5.41) is 30.3. The molecule has 15 heteroatoms. The summed E-state index contributed by atoms with van der Waals surface area (Å²) >= 11 is 0. The number of carbonyl (C=O) groups is 3. The van der Waals surface area contributed by atoms with E-state index >= 15 is 0 Å². The molecule has 4 N–H and O–H groups in total. The minimum atomic E-state index is -1.54. The molecule has 2 aromatic carbocycles. The number of halogens is 1. The number of likely N-dealkylation sites (N-methyl/N-ethyl adjacent to an activating group) is 1. The Morgan fingerprint density at radius 3 is 2.36 bits per heavy atom. The number of methoxy groups -OCH3 is 1. The minimum Gasteiger partial charge on any atom is -0.387 e. The fraction of sp³-hybridized carbons (Fsp3) is 0.706. The van der Waals surface area contributed by atoms with Crippen LogP contribution in [0.15, 0.2) is 54.6 Å². The number of carbonyl (C=O) groups excluding carboxylic acids is 3. The van der Waals surface area contributed by atoms with Crippen molar-refractivity contribution in [1.82, 2.24) is 20.4 Å². The third-order valence-corrected chi connectivity index (χ3v) is 14.4. The molecular weight excluding hydrogens is 848 g/mol. The minimum absolute atomic E-state index is 0.0322. The fourth-order valence-corrected chi connectivity index (χ4v) is 10.7. The number of nitrogens with zero attached hydrogens (tertiary/aromatic N) is 2. The van der Waals surface area contributed by atoms with Crippen LogP contribution in [0.3, 0.4) is 0 Å². The SMILES string of the molecule is CO[C@]1(C)CC([C@H]2[C@H](C)[C@@H](O[C@@H]3O[C@H](C)C[C@H](N(C)C)[C@H]3OCCCNC(=O)c3ccccc3F)[C@](C)(O)C[C@@H](C)CN(C)C(=O)C[C@H](CCc3ccccc3)NC(=O)[C@@H]2C)O[C@@H](C)[C@@H]1O. The summed E-state index contributed by atoms with van der Waals surface area (Å²) in [6, 6.07) is 15.2. The number of benzene rings is 2. The van der Waals surface area contributed by atoms with Gasteiger partial charge in [0.2, 0.25) is 11.8 Å². The molecule has 14 nitrogen and oxygen atoms in total. The summed E-state index contributed by atoms with van der Waals surface area (Å²) in [6.45, 7) is 14.0. The maximum atomic E-state index is 14.8. The number of hydrogen-bond acceptors (Lipinski definition) is 11. The highest BCUT2D eigenvalue weighted by Gasteiger charge is 2.54. The van der Waals surface area contributed by atoms with Gasteiger partial charge in [-0.05, 0) is 103 Å². The smallest absolute Gasteiger partial charge is 0.254 e. The molecule has 66 heavy (non-hydrogen) atoms. The van der Waals surface area contributed by atoms with E-state index in [1.54, 1.807) is 39.0 Å². The van der Waals surface area contributed by atoms with Crippen LogP contribution in [-0.2, 0) is 39.7 Å². The molecule has 3 fully saturated rings. The molecule has 1 unspecified atom stereocenters. The number of aryl methyl sites for hydroxylation is 1. The highest BCUT2D eigenvalue weighted by Crippen LogP contribution is 2.44. The molecule has 3 aliphatic heterocycles. The van der Waals surface area contributed by atoms with Gasteiger partial charge >= 0.3 is 0 Å². The van der Waals surface area contributed by atoms with Gasteiger partial charge in [-0.3, -0.25) is 14.4 Å². The van der Waals surface area contributed by atoms with E-state index in [0.29, 0.717) is 32.2 Å². The number of amides is 3. The summed E-state index contributed by atoms with van der Waals surface area (Å²) in [5.74, 6) is -3.54. The molecule has 2 aromatic rings. The number of nitrogens with one attached hydrogen (secondary N) is 2. The van der Waals surface area contributed by atoms with Crippen LogP contribution < -0.4 is 10.6 Å². The molecule has 0 radical (unpaired) electrons. The Morgan fingerprint density at radius 1 is 1.02 bits per heavy atom. The van der Waals surface area contributed by atoms with E-state index < -0.39 is 83.5 Å². The van der Waals surface area contributed by atoms with Crippen molar-refractivity contribution >= 4 is 17.7 Å². The molecule has 3 amide bonds. The summed E-state index contributed by atoms with van der Waals surface area (Å²) in [4.78, 5) is 45.2. The predicted octanol–water partition coefficient (Wildman–Crippen LogP) is 5.37. The molecule has 0 aromatic heterocycles. The van der Waals surface area contributed by atoms with Crippen LogP contribution >= 0.6 is 0 Å². The predicted molar refractivity (Wildman–Crippen MR) is 250 cm³/mol. The molecule has 15 atom stereocenters. The molecule has 0 aliphatic carbocycles. The van der Waals surface area contributed by atoms with E-state index in [-0.39, 0.29) is 67.9 Å². The number of aliphatic hydroxyl groups excluding tert-OH is 1. The normalized spacial score (nSPS) is 36.4. The molecule has 5 rings (SSSR count). The molecular formula is C51H79FN4O10. The quantitative estimate of drug-likeness (QED) is 0.180. The summed E-state index contributed by atoms with van der Waals surface area (Å²) in [6.07, 6.45) is -2.17. The van der Waals surface area contributed by atoms with Crippen molar-refractivity contribution in [3.63, 3.8) is 0 Å². The van der Waals surface area contributed by atoms with Crippen molar-refractivity contribution in [2.75, 3.05) is 47.9 Å². The first-order valence-corrected chi connectivity index (χ1v) is 24.0. The van der Waals surface area contributed by atoms with E-state index in [9.17, 15) is 29.0 Å². The van der Waals surface area contributed by atoms with Gasteiger partial charge in [0.15, 0.2) is 6.29 Å². The van der Waals surface area contributed by atoms with Gasteiger partial charge in [-0.1, -0.05) is 63.2 Å². The third-order valence-electron chi connectivity index (χ3n) is 14.4. The van der Waals surface area contributed by atoms with E-state index in [4.69, 9.17) is 23.7 Å². The van der Waals surface area contributed by atoms with Gasteiger partial charge in [-0.15, -0.1) is 0 Å². The molecule has 3 heterocycles. The lowest BCUT2D eigenvalue weighted by Gasteiger charge is -2.52. The average molecular weight is 927 g/mol. The van der Waals surface area contributed by atoms with Crippen molar-refractivity contribution in [2.24, 2.45) is 23.7 Å². The first-order valence-electron chi connectivity index (χ1n) is 24.0. The Balaban J connectivity index is 1.50. The second-order valence-electron chi connectivity index (χ2n) is 20.2. The lowest BCUT2D eigenvalue weighted by atomic mass is 9.68.